The van der Waals surface area contributed by atoms with Crippen molar-refractivity contribution in [1.29, 1.82) is 0 Å². The van der Waals surface area contributed by atoms with Gasteiger partial charge in [-0.3, -0.25) is 14.2 Å². The van der Waals surface area contributed by atoms with Gasteiger partial charge in [0.25, 0.3) is 5.56 Å². The van der Waals surface area contributed by atoms with Crippen LogP contribution in [0.3, 0.4) is 0 Å². The highest BCUT2D eigenvalue weighted by molar-refractivity contribution is 5.92. The van der Waals surface area contributed by atoms with Crippen LogP contribution in [0.1, 0.15) is 6.42 Å². The summed E-state index contributed by atoms with van der Waals surface area (Å²) < 4.78 is 16.0. The van der Waals surface area contributed by atoms with Gasteiger partial charge in [0, 0.05) is 25.7 Å². The molecule has 0 saturated heterocycles. The van der Waals surface area contributed by atoms with Crippen LogP contribution in [0.5, 0.6) is 0 Å². The number of amides is 1. The maximum Gasteiger partial charge on any atom is 0.264 e. The van der Waals surface area contributed by atoms with Gasteiger partial charge in [0.05, 0.1) is 18.2 Å². The number of aromatic nitrogens is 4. The number of carbonyl (C=O) groups is 1. The number of carbonyl (C=O) groups excluding carboxylic acids is 1. The second-order valence-corrected chi connectivity index (χ2v) is 6.55. The molecule has 0 atom stereocenters. The minimum absolute atomic E-state index is 0.106. The Labute approximate surface area is 165 Å². The van der Waals surface area contributed by atoms with Crippen LogP contribution in [0.25, 0.3) is 16.7 Å². The lowest BCUT2D eigenvalue weighted by molar-refractivity contribution is -0.118. The van der Waals surface area contributed by atoms with E-state index in [1.807, 2.05) is 30.3 Å². The van der Waals surface area contributed by atoms with Crippen LogP contribution < -0.4 is 10.5 Å². The van der Waals surface area contributed by atoms with Gasteiger partial charge < -0.3 is 4.90 Å². The number of halogens is 1. The maximum absolute atomic E-state index is 13.1. The summed E-state index contributed by atoms with van der Waals surface area (Å²) in [4.78, 5) is 31.1. The Morgan fingerprint density at radius 3 is 2.55 bits per heavy atom. The average molecular weight is 391 g/mol. The number of nitrogens with zero attached hydrogens (tertiary/aromatic N) is 5. The first-order valence-corrected chi connectivity index (χ1v) is 9.05. The van der Waals surface area contributed by atoms with Gasteiger partial charge in [0.2, 0.25) is 5.91 Å². The van der Waals surface area contributed by atoms with Crippen molar-refractivity contribution < 1.29 is 9.18 Å². The third-order valence-corrected chi connectivity index (χ3v) is 4.71. The van der Waals surface area contributed by atoms with Crippen LogP contribution in [-0.4, -0.2) is 32.3 Å². The average Bonchev–Trinajstić information content (AvgIpc) is 3.18. The van der Waals surface area contributed by atoms with Gasteiger partial charge >= 0.3 is 0 Å². The Morgan fingerprint density at radius 2 is 1.83 bits per heavy atom. The molecule has 7 nitrogen and oxygen atoms in total. The van der Waals surface area contributed by atoms with E-state index in [-0.39, 0.29) is 30.2 Å². The number of hydrogen-bond donors (Lipinski definition) is 0. The molecule has 8 heteroatoms. The standard InChI is InChI=1S/C21H18FN5O2/c1-25(16-5-3-2-4-6-16)19(28)11-12-26-14-23-20-18(21(26)29)13-24-27(20)17-9-7-15(22)8-10-17/h2-10,13-14H,11-12H2,1H3. The van der Waals surface area contributed by atoms with Crippen LogP contribution >= 0.6 is 0 Å². The summed E-state index contributed by atoms with van der Waals surface area (Å²) >= 11 is 0. The highest BCUT2D eigenvalue weighted by Gasteiger charge is 2.14. The molecule has 0 N–H and O–H groups in total. The molecule has 0 spiro atoms. The fourth-order valence-electron chi connectivity index (χ4n) is 3.06. The van der Waals surface area contributed by atoms with Crippen molar-refractivity contribution in [3.8, 4) is 5.69 Å². The highest BCUT2D eigenvalue weighted by Crippen LogP contribution is 2.15. The van der Waals surface area contributed by atoms with E-state index in [1.165, 1.54) is 33.9 Å². The first kappa shape index (κ1) is 18.5. The predicted molar refractivity (Wildman–Crippen MR) is 108 cm³/mol. The molecule has 0 unspecified atom stereocenters. The quantitative estimate of drug-likeness (QED) is 0.524. The first-order valence-electron chi connectivity index (χ1n) is 9.05. The molecule has 0 radical (unpaired) electrons. The smallest absolute Gasteiger partial charge is 0.264 e. The molecule has 29 heavy (non-hydrogen) atoms. The van der Waals surface area contributed by atoms with Crippen LogP contribution in [0.15, 0.2) is 71.9 Å². The minimum Gasteiger partial charge on any atom is -0.315 e. The van der Waals surface area contributed by atoms with E-state index in [9.17, 15) is 14.0 Å². The molecule has 0 aliphatic heterocycles. The molecule has 0 aliphatic rings. The van der Waals surface area contributed by atoms with Crippen molar-refractivity contribution in [2.45, 2.75) is 13.0 Å². The lowest BCUT2D eigenvalue weighted by Gasteiger charge is -2.17. The molecule has 0 saturated carbocycles. The summed E-state index contributed by atoms with van der Waals surface area (Å²) in [6.07, 6.45) is 3.00. The number of rotatable bonds is 5. The zero-order chi connectivity index (χ0) is 20.4. The summed E-state index contributed by atoms with van der Waals surface area (Å²) in [5.74, 6) is -0.462. The molecule has 1 amide bonds. The molecule has 146 valence electrons. The summed E-state index contributed by atoms with van der Waals surface area (Å²) in [7, 11) is 1.70. The Balaban J connectivity index is 1.55. The minimum atomic E-state index is -0.356. The van der Waals surface area contributed by atoms with Crippen molar-refractivity contribution in [3.63, 3.8) is 0 Å². The van der Waals surface area contributed by atoms with Gasteiger partial charge in [0.1, 0.15) is 11.2 Å². The van der Waals surface area contributed by atoms with Crippen molar-refractivity contribution in [1.82, 2.24) is 19.3 Å². The Kier molecular flexibility index (Phi) is 4.90. The lowest BCUT2D eigenvalue weighted by atomic mass is 10.2. The molecular weight excluding hydrogens is 373 g/mol. The fraction of sp³-hybridized carbons (Fsp3) is 0.143. The monoisotopic (exact) mass is 391 g/mol. The number of benzene rings is 2. The van der Waals surface area contributed by atoms with Crippen LogP contribution in [0.4, 0.5) is 10.1 Å². The van der Waals surface area contributed by atoms with Crippen molar-refractivity contribution in [2.24, 2.45) is 0 Å². The number of para-hydroxylation sites is 1. The molecular formula is C21H18FN5O2. The van der Waals surface area contributed by atoms with Crippen LogP contribution in [0, 0.1) is 5.82 Å². The van der Waals surface area contributed by atoms with E-state index in [1.54, 1.807) is 24.1 Å². The van der Waals surface area contributed by atoms with E-state index < -0.39 is 0 Å². The van der Waals surface area contributed by atoms with E-state index >= 15 is 0 Å². The summed E-state index contributed by atoms with van der Waals surface area (Å²) in [5.41, 5.74) is 1.49. The molecule has 4 rings (SSSR count). The summed E-state index contributed by atoms with van der Waals surface area (Å²) in [6, 6.07) is 15.1. The van der Waals surface area contributed by atoms with Gasteiger partial charge in [-0.2, -0.15) is 5.10 Å². The van der Waals surface area contributed by atoms with Gasteiger partial charge in [-0.15, -0.1) is 0 Å². The number of aryl methyl sites for hydroxylation is 1. The molecule has 0 aliphatic carbocycles. The zero-order valence-electron chi connectivity index (χ0n) is 15.7. The van der Waals surface area contributed by atoms with Crippen LogP contribution in [0.2, 0.25) is 0 Å². The third kappa shape index (κ3) is 3.64. The molecule has 0 bridgehead atoms. The maximum atomic E-state index is 13.1. The van der Waals surface area contributed by atoms with Gasteiger partial charge in [-0.25, -0.2) is 14.1 Å². The Morgan fingerprint density at radius 1 is 1.10 bits per heavy atom. The number of fused-ring (bicyclic) bond motifs is 1. The molecule has 2 heterocycles. The molecule has 2 aromatic carbocycles. The summed E-state index contributed by atoms with van der Waals surface area (Å²) in [6.45, 7) is 0.208. The normalized spacial score (nSPS) is 11.0. The van der Waals surface area contributed by atoms with Crippen molar-refractivity contribution in [2.75, 3.05) is 11.9 Å². The van der Waals surface area contributed by atoms with E-state index in [0.29, 0.717) is 16.7 Å². The van der Waals surface area contributed by atoms with Crippen molar-refractivity contribution >= 4 is 22.6 Å². The number of anilines is 1. The van der Waals surface area contributed by atoms with E-state index in [2.05, 4.69) is 10.1 Å². The Bertz CT molecular complexity index is 1220. The van der Waals surface area contributed by atoms with Gasteiger partial charge in [0.15, 0.2) is 5.65 Å². The van der Waals surface area contributed by atoms with E-state index in [4.69, 9.17) is 0 Å². The lowest BCUT2D eigenvalue weighted by Crippen LogP contribution is -2.29. The fourth-order valence-corrected chi connectivity index (χ4v) is 3.06. The predicted octanol–water partition coefficient (Wildman–Crippen LogP) is 2.77. The number of hydrogen-bond acceptors (Lipinski definition) is 4. The molecule has 4 aromatic rings. The van der Waals surface area contributed by atoms with Gasteiger partial charge in [-0.05, 0) is 36.4 Å². The summed E-state index contributed by atoms with van der Waals surface area (Å²) in [5, 5.41) is 4.54. The Hall–Kier alpha value is -3.81. The SMILES string of the molecule is CN(C(=O)CCn1cnc2c(cnn2-c2ccc(F)cc2)c1=O)c1ccccc1. The van der Waals surface area contributed by atoms with Crippen LogP contribution in [-0.2, 0) is 11.3 Å². The third-order valence-electron chi connectivity index (χ3n) is 4.71. The van der Waals surface area contributed by atoms with Gasteiger partial charge in [-0.1, -0.05) is 18.2 Å². The largest absolute Gasteiger partial charge is 0.315 e. The highest BCUT2D eigenvalue weighted by atomic mass is 19.1. The zero-order valence-corrected chi connectivity index (χ0v) is 15.7. The molecule has 2 aromatic heterocycles. The second-order valence-electron chi connectivity index (χ2n) is 6.55. The topological polar surface area (TPSA) is 73.0 Å². The molecule has 0 fully saturated rings. The van der Waals surface area contributed by atoms with Crippen molar-refractivity contribution in [3.05, 3.63) is 83.3 Å². The first-order chi connectivity index (χ1) is 14.0. The van der Waals surface area contributed by atoms with E-state index in [0.717, 1.165) is 5.69 Å². The second kappa shape index (κ2) is 7.67.